The summed E-state index contributed by atoms with van der Waals surface area (Å²) in [6, 6.07) is 19.8. The number of isocyanates is 1. The lowest BCUT2D eigenvalue weighted by Crippen LogP contribution is -2.38. The van der Waals surface area contributed by atoms with E-state index in [1.807, 2.05) is 30.3 Å². The zero-order valence-electron chi connectivity index (χ0n) is 21.3. The first-order valence-electron chi connectivity index (χ1n) is 12.1. The molecule has 3 aromatic rings. The molecule has 0 saturated heterocycles. The molecule has 1 amide bonds. The van der Waals surface area contributed by atoms with E-state index in [0.29, 0.717) is 16.6 Å². The molecule has 0 aliphatic heterocycles. The van der Waals surface area contributed by atoms with Crippen LogP contribution in [0.2, 0.25) is 0 Å². The average molecular weight is 572 g/mol. The Morgan fingerprint density at radius 1 is 0.976 bits per heavy atom. The molecule has 1 unspecified atom stereocenters. The summed E-state index contributed by atoms with van der Waals surface area (Å²) in [6.45, 7) is -0.432. The molecule has 0 aliphatic carbocycles. The molecule has 0 fully saturated rings. The van der Waals surface area contributed by atoms with Gasteiger partial charge in [0.1, 0.15) is 12.4 Å². The standard InChI is InChI=1S/C27H24F3N5O6/c28-27(29,30)26(39)41-25(38)16-22(21-11-9-20(10-12-21)19-6-2-1-3-7-19)34-24(37)17-35(33-18-36)40-15-14-32-23-8-4-5-13-31-23/h1-13,22H,14-17H2,(H,31,32)(H,34,37). The molecule has 2 aromatic carbocycles. The van der Waals surface area contributed by atoms with Crippen molar-refractivity contribution in [1.29, 1.82) is 0 Å². The second-order valence-electron chi connectivity index (χ2n) is 8.25. The monoisotopic (exact) mass is 571 g/mol. The lowest BCUT2D eigenvalue weighted by molar-refractivity contribution is -0.202. The normalized spacial score (nSPS) is 11.5. The van der Waals surface area contributed by atoms with Crippen molar-refractivity contribution in [2.75, 3.05) is 25.0 Å². The number of halogens is 3. The zero-order chi connectivity index (χ0) is 29.7. The van der Waals surface area contributed by atoms with Crippen LogP contribution >= 0.6 is 0 Å². The fourth-order valence-electron chi connectivity index (χ4n) is 3.48. The molecule has 14 heteroatoms. The number of benzene rings is 2. The molecule has 1 atom stereocenters. The van der Waals surface area contributed by atoms with Crippen LogP contribution < -0.4 is 10.6 Å². The van der Waals surface area contributed by atoms with Gasteiger partial charge in [-0.1, -0.05) is 65.8 Å². The molecule has 41 heavy (non-hydrogen) atoms. The van der Waals surface area contributed by atoms with Crippen LogP contribution in [0.3, 0.4) is 0 Å². The van der Waals surface area contributed by atoms with Gasteiger partial charge in [0.05, 0.1) is 19.1 Å². The summed E-state index contributed by atoms with van der Waals surface area (Å²) in [6.07, 6.45) is -3.34. The van der Waals surface area contributed by atoms with Crippen LogP contribution in [0.5, 0.6) is 0 Å². The van der Waals surface area contributed by atoms with Crippen LogP contribution in [0.25, 0.3) is 11.1 Å². The summed E-state index contributed by atoms with van der Waals surface area (Å²) in [5, 5.41) is 9.38. The average Bonchev–Trinajstić information content (AvgIpc) is 2.95. The second kappa shape index (κ2) is 14.9. The molecule has 0 aliphatic rings. The number of aromatic nitrogens is 1. The van der Waals surface area contributed by atoms with Crippen molar-refractivity contribution in [3.63, 3.8) is 0 Å². The maximum absolute atomic E-state index is 12.8. The Bertz CT molecular complexity index is 1350. The zero-order valence-corrected chi connectivity index (χ0v) is 21.3. The predicted octanol–water partition coefficient (Wildman–Crippen LogP) is 3.52. The molecular weight excluding hydrogens is 547 g/mol. The first-order chi connectivity index (χ1) is 19.7. The van der Waals surface area contributed by atoms with Gasteiger partial charge in [-0.05, 0) is 28.8 Å². The lowest BCUT2D eigenvalue weighted by atomic mass is 9.99. The molecule has 11 nitrogen and oxygen atoms in total. The van der Waals surface area contributed by atoms with Gasteiger partial charge in [-0.25, -0.2) is 14.6 Å². The number of nitrogens with zero attached hydrogens (tertiary/aromatic N) is 3. The highest BCUT2D eigenvalue weighted by molar-refractivity contribution is 5.89. The van der Waals surface area contributed by atoms with Crippen LogP contribution in [0.4, 0.5) is 19.0 Å². The number of esters is 2. The van der Waals surface area contributed by atoms with Gasteiger partial charge in [0, 0.05) is 12.7 Å². The van der Waals surface area contributed by atoms with Crippen molar-refractivity contribution < 1.29 is 41.9 Å². The molecule has 0 radical (unpaired) electrons. The largest absolute Gasteiger partial charge is 0.491 e. The highest BCUT2D eigenvalue weighted by Crippen LogP contribution is 2.24. The number of carbonyl (C=O) groups is 3. The Labute approximate surface area is 231 Å². The Morgan fingerprint density at radius 3 is 2.29 bits per heavy atom. The molecular formula is C27H24F3N5O6. The van der Waals surface area contributed by atoms with Crippen LogP contribution in [0.15, 0.2) is 84.1 Å². The van der Waals surface area contributed by atoms with Gasteiger partial charge < -0.3 is 15.4 Å². The van der Waals surface area contributed by atoms with Gasteiger partial charge in [0.25, 0.3) is 6.08 Å². The third-order valence-corrected chi connectivity index (χ3v) is 5.31. The van der Waals surface area contributed by atoms with E-state index in [0.717, 1.165) is 11.1 Å². The van der Waals surface area contributed by atoms with Gasteiger partial charge in [0.15, 0.2) is 0 Å². The molecule has 1 aromatic heterocycles. The third kappa shape index (κ3) is 10.2. The van der Waals surface area contributed by atoms with Crippen molar-refractivity contribution >= 4 is 29.7 Å². The van der Waals surface area contributed by atoms with E-state index in [2.05, 4.69) is 25.5 Å². The quantitative estimate of drug-likeness (QED) is 0.0788. The first kappa shape index (κ1) is 30.5. The fourth-order valence-corrected chi connectivity index (χ4v) is 3.48. The van der Waals surface area contributed by atoms with E-state index in [1.165, 1.54) is 6.08 Å². The van der Waals surface area contributed by atoms with E-state index < -0.39 is 43.0 Å². The summed E-state index contributed by atoms with van der Waals surface area (Å²) >= 11 is 0. The fraction of sp³-hybridized carbons (Fsp3) is 0.222. The predicted molar refractivity (Wildman–Crippen MR) is 138 cm³/mol. The summed E-state index contributed by atoms with van der Waals surface area (Å²) in [4.78, 5) is 56.2. The van der Waals surface area contributed by atoms with Crippen LogP contribution in [0.1, 0.15) is 18.0 Å². The number of alkyl halides is 3. The van der Waals surface area contributed by atoms with Crippen molar-refractivity contribution in [3.05, 3.63) is 84.6 Å². The number of nitrogens with one attached hydrogen (secondary N) is 2. The van der Waals surface area contributed by atoms with Crippen molar-refractivity contribution in [1.82, 2.24) is 15.5 Å². The van der Waals surface area contributed by atoms with E-state index in [-0.39, 0.29) is 13.2 Å². The van der Waals surface area contributed by atoms with E-state index in [9.17, 15) is 32.3 Å². The van der Waals surface area contributed by atoms with Crippen LogP contribution in [-0.4, -0.2) is 60.0 Å². The van der Waals surface area contributed by atoms with Crippen LogP contribution in [-0.2, 0) is 28.8 Å². The van der Waals surface area contributed by atoms with Gasteiger partial charge in [0.2, 0.25) is 5.91 Å². The third-order valence-electron chi connectivity index (χ3n) is 5.31. The second-order valence-corrected chi connectivity index (χ2v) is 8.25. The maximum atomic E-state index is 12.8. The molecule has 1 heterocycles. The summed E-state index contributed by atoms with van der Waals surface area (Å²) in [5.74, 6) is -4.43. The number of anilines is 1. The van der Waals surface area contributed by atoms with Gasteiger partial charge in [-0.3, -0.25) is 14.4 Å². The highest BCUT2D eigenvalue weighted by Gasteiger charge is 2.42. The molecule has 0 spiro atoms. The van der Waals surface area contributed by atoms with Gasteiger partial charge >= 0.3 is 18.1 Å². The van der Waals surface area contributed by atoms with Crippen molar-refractivity contribution in [2.45, 2.75) is 18.6 Å². The number of hydrogen-bond acceptors (Lipinski definition) is 10. The number of rotatable bonds is 13. The number of hydrogen-bond donors (Lipinski definition) is 2. The molecule has 0 bridgehead atoms. The summed E-state index contributed by atoms with van der Waals surface area (Å²) < 4.78 is 41.6. The summed E-state index contributed by atoms with van der Waals surface area (Å²) in [7, 11) is 0. The van der Waals surface area contributed by atoms with Crippen LogP contribution in [0, 0.1) is 0 Å². The topological polar surface area (TPSA) is 139 Å². The van der Waals surface area contributed by atoms with E-state index >= 15 is 0 Å². The van der Waals surface area contributed by atoms with Gasteiger partial charge in [-0.15, -0.1) is 0 Å². The molecule has 2 N–H and O–H groups in total. The minimum Gasteiger partial charge on any atom is -0.386 e. The number of amides is 1. The SMILES string of the molecule is O=C=NN(CC(=O)NC(CC(=O)OC(=O)C(F)(F)F)c1ccc(-c2ccccc2)cc1)OCCNc1ccccn1. The minimum atomic E-state index is -5.37. The Balaban J connectivity index is 1.67. The number of hydroxylamine groups is 1. The van der Waals surface area contributed by atoms with E-state index in [1.54, 1.807) is 48.7 Å². The molecule has 0 saturated carbocycles. The first-order valence-corrected chi connectivity index (χ1v) is 12.1. The smallest absolute Gasteiger partial charge is 0.386 e. The number of hydrazone groups is 1. The Kier molecular flexibility index (Phi) is 11.1. The number of pyridine rings is 1. The number of carbonyl (C=O) groups excluding carboxylic acids is 4. The number of ether oxygens (including phenoxy) is 1. The van der Waals surface area contributed by atoms with Gasteiger partial charge in [-0.2, -0.15) is 18.3 Å². The van der Waals surface area contributed by atoms with E-state index in [4.69, 9.17) is 4.84 Å². The van der Waals surface area contributed by atoms with Crippen molar-refractivity contribution in [2.24, 2.45) is 5.10 Å². The molecule has 214 valence electrons. The summed E-state index contributed by atoms with van der Waals surface area (Å²) in [5.41, 5.74) is 2.01. The van der Waals surface area contributed by atoms with Crippen molar-refractivity contribution in [3.8, 4) is 11.1 Å². The highest BCUT2D eigenvalue weighted by atomic mass is 19.4. The molecule has 3 rings (SSSR count). The minimum absolute atomic E-state index is 0.0364. The maximum Gasteiger partial charge on any atom is 0.491 e. The Hall–Kier alpha value is -5.07. The lowest BCUT2D eigenvalue weighted by Gasteiger charge is -2.21. The Morgan fingerprint density at radius 2 is 1.66 bits per heavy atom.